The molecule has 0 aliphatic carbocycles. The van der Waals surface area contributed by atoms with Gasteiger partial charge in [-0.3, -0.25) is 0 Å². The van der Waals surface area contributed by atoms with E-state index >= 15 is 0 Å². The van der Waals surface area contributed by atoms with E-state index in [0.29, 0.717) is 24.0 Å². The van der Waals surface area contributed by atoms with Gasteiger partial charge in [0.25, 0.3) is 0 Å². The van der Waals surface area contributed by atoms with Crippen LogP contribution < -0.4 is 0 Å². The summed E-state index contributed by atoms with van der Waals surface area (Å²) in [6.45, 7) is 13.7. The summed E-state index contributed by atoms with van der Waals surface area (Å²) in [7, 11) is -3.40. The Morgan fingerprint density at radius 1 is 1.08 bits per heavy atom. The van der Waals surface area contributed by atoms with Gasteiger partial charge >= 0.3 is 0 Å². The zero-order chi connectivity index (χ0) is 18.6. The van der Waals surface area contributed by atoms with Crippen LogP contribution in [0.4, 0.5) is 0 Å². The number of aryl methyl sites for hydroxylation is 3. The summed E-state index contributed by atoms with van der Waals surface area (Å²) in [6.07, 6.45) is 4.28. The average molecular weight is 367 g/mol. The zero-order valence-corrected chi connectivity index (χ0v) is 17.3. The molecule has 1 fully saturated rings. The molecule has 0 radical (unpaired) electrons. The van der Waals surface area contributed by atoms with Crippen LogP contribution >= 0.6 is 0 Å². The Kier molecular flexibility index (Phi) is 7.06. The third kappa shape index (κ3) is 4.63. The molecule has 1 aliphatic heterocycles. The van der Waals surface area contributed by atoms with Crippen LogP contribution in [0.3, 0.4) is 0 Å². The fraction of sp³-hybridized carbons (Fsp3) is 0.700. The fourth-order valence-corrected chi connectivity index (χ4v) is 5.99. The normalized spacial score (nSPS) is 17.4. The minimum absolute atomic E-state index is 0.509. The minimum atomic E-state index is -3.40. The van der Waals surface area contributed by atoms with Crippen LogP contribution in [0.5, 0.6) is 0 Å². The van der Waals surface area contributed by atoms with Crippen LogP contribution in [0, 0.1) is 20.8 Å². The molecule has 1 heterocycles. The molecule has 0 spiro atoms. The molecule has 5 heteroatoms. The van der Waals surface area contributed by atoms with E-state index in [0.717, 1.165) is 42.6 Å². The topological polar surface area (TPSA) is 40.6 Å². The van der Waals surface area contributed by atoms with Gasteiger partial charge in [-0.25, -0.2) is 8.42 Å². The predicted octanol–water partition coefficient (Wildman–Crippen LogP) is 3.89. The van der Waals surface area contributed by atoms with Crippen LogP contribution in [0.1, 0.15) is 56.2 Å². The molecule has 2 rings (SSSR count). The molecule has 0 saturated carbocycles. The van der Waals surface area contributed by atoms with Crippen LogP contribution in [0.25, 0.3) is 0 Å². The number of rotatable bonds is 7. The van der Waals surface area contributed by atoms with Crippen LogP contribution in [-0.4, -0.2) is 49.8 Å². The van der Waals surface area contributed by atoms with Gasteiger partial charge in [0.15, 0.2) is 0 Å². The summed E-state index contributed by atoms with van der Waals surface area (Å²) in [6, 6.07) is 4.45. The second kappa shape index (κ2) is 8.65. The van der Waals surface area contributed by atoms with Crippen molar-refractivity contribution in [2.45, 2.75) is 71.2 Å². The first kappa shape index (κ1) is 20.4. The molecule has 0 unspecified atom stereocenters. The Bertz CT molecular complexity index is 654. The standard InChI is InChI=1S/C20H34N2O2S/c1-6-8-11-21(7-2)19-9-12-22(13-10-19)25(23,24)20-17(4)14-16(3)15-18(20)5/h14-15,19H,6-13H2,1-5H3. The molecular formula is C20H34N2O2S. The molecule has 0 amide bonds. The van der Waals surface area contributed by atoms with Crippen molar-refractivity contribution >= 4 is 10.0 Å². The van der Waals surface area contributed by atoms with Crippen molar-refractivity contribution in [2.24, 2.45) is 0 Å². The molecule has 25 heavy (non-hydrogen) atoms. The van der Waals surface area contributed by atoms with Crippen molar-refractivity contribution < 1.29 is 8.42 Å². The summed E-state index contributed by atoms with van der Waals surface area (Å²) in [5.41, 5.74) is 2.83. The Balaban J connectivity index is 2.12. The maximum Gasteiger partial charge on any atom is 0.243 e. The Morgan fingerprint density at radius 2 is 1.64 bits per heavy atom. The van der Waals surface area contributed by atoms with Crippen molar-refractivity contribution in [1.82, 2.24) is 9.21 Å². The summed E-state index contributed by atoms with van der Waals surface area (Å²) < 4.78 is 28.0. The lowest BCUT2D eigenvalue weighted by molar-refractivity contribution is 0.144. The molecule has 0 bridgehead atoms. The number of sulfonamides is 1. The van der Waals surface area contributed by atoms with Crippen LogP contribution in [-0.2, 0) is 10.0 Å². The largest absolute Gasteiger partial charge is 0.301 e. The average Bonchev–Trinajstić information content (AvgIpc) is 2.54. The molecule has 142 valence electrons. The molecule has 0 aromatic heterocycles. The van der Waals surface area contributed by atoms with Gasteiger partial charge in [-0.2, -0.15) is 4.31 Å². The zero-order valence-electron chi connectivity index (χ0n) is 16.5. The predicted molar refractivity (Wildman–Crippen MR) is 105 cm³/mol. The molecule has 1 aliphatic rings. The Hall–Kier alpha value is -0.910. The van der Waals surface area contributed by atoms with Crippen LogP contribution in [0.2, 0.25) is 0 Å². The molecule has 1 aromatic carbocycles. The highest BCUT2D eigenvalue weighted by molar-refractivity contribution is 7.89. The second-order valence-corrected chi connectivity index (χ2v) is 9.22. The fourth-order valence-electron chi connectivity index (χ4n) is 4.11. The lowest BCUT2D eigenvalue weighted by Crippen LogP contribution is -2.47. The lowest BCUT2D eigenvalue weighted by atomic mass is 10.0. The third-order valence-electron chi connectivity index (χ3n) is 5.35. The molecule has 0 atom stereocenters. The number of benzene rings is 1. The monoisotopic (exact) mass is 366 g/mol. The van der Waals surface area contributed by atoms with E-state index in [9.17, 15) is 8.42 Å². The van der Waals surface area contributed by atoms with Gasteiger partial charge in [0.1, 0.15) is 0 Å². The quantitative estimate of drug-likeness (QED) is 0.735. The molecular weight excluding hydrogens is 332 g/mol. The summed E-state index contributed by atoms with van der Waals surface area (Å²) in [5, 5.41) is 0. The molecule has 4 nitrogen and oxygen atoms in total. The number of nitrogens with zero attached hydrogens (tertiary/aromatic N) is 2. The van der Waals surface area contributed by atoms with E-state index in [1.165, 1.54) is 12.8 Å². The highest BCUT2D eigenvalue weighted by atomic mass is 32.2. The van der Waals surface area contributed by atoms with Crippen molar-refractivity contribution in [3.8, 4) is 0 Å². The van der Waals surface area contributed by atoms with Gasteiger partial charge in [-0.15, -0.1) is 0 Å². The lowest BCUT2D eigenvalue weighted by Gasteiger charge is -2.38. The highest BCUT2D eigenvalue weighted by Crippen LogP contribution is 2.28. The van der Waals surface area contributed by atoms with Gasteiger partial charge < -0.3 is 4.90 Å². The summed E-state index contributed by atoms with van der Waals surface area (Å²) in [5.74, 6) is 0. The van der Waals surface area contributed by atoms with E-state index in [2.05, 4.69) is 18.7 Å². The van der Waals surface area contributed by atoms with Gasteiger partial charge in [0, 0.05) is 19.1 Å². The van der Waals surface area contributed by atoms with E-state index < -0.39 is 10.0 Å². The third-order valence-corrected chi connectivity index (χ3v) is 7.55. The number of hydrogen-bond acceptors (Lipinski definition) is 3. The first-order valence-electron chi connectivity index (χ1n) is 9.63. The number of hydrogen-bond donors (Lipinski definition) is 0. The van der Waals surface area contributed by atoms with E-state index in [1.54, 1.807) is 4.31 Å². The van der Waals surface area contributed by atoms with Gasteiger partial charge in [0.2, 0.25) is 10.0 Å². The first-order chi connectivity index (χ1) is 11.8. The molecule has 1 saturated heterocycles. The van der Waals surface area contributed by atoms with Crippen molar-refractivity contribution in [2.75, 3.05) is 26.2 Å². The maximum absolute atomic E-state index is 13.2. The van der Waals surface area contributed by atoms with Crippen molar-refractivity contribution in [3.63, 3.8) is 0 Å². The van der Waals surface area contributed by atoms with Crippen LogP contribution in [0.15, 0.2) is 17.0 Å². The van der Waals surface area contributed by atoms with E-state index in [1.807, 2.05) is 32.9 Å². The minimum Gasteiger partial charge on any atom is -0.301 e. The Morgan fingerprint density at radius 3 is 2.12 bits per heavy atom. The van der Waals surface area contributed by atoms with Gasteiger partial charge in [-0.05, 0) is 64.3 Å². The van der Waals surface area contributed by atoms with Crippen molar-refractivity contribution in [1.29, 1.82) is 0 Å². The second-order valence-electron chi connectivity index (χ2n) is 7.35. The SMILES string of the molecule is CCCCN(CC)C1CCN(S(=O)(=O)c2c(C)cc(C)cc2C)CC1. The van der Waals surface area contributed by atoms with E-state index in [-0.39, 0.29) is 0 Å². The molecule has 1 aromatic rings. The van der Waals surface area contributed by atoms with Gasteiger partial charge in [-0.1, -0.05) is 38.0 Å². The van der Waals surface area contributed by atoms with Crippen molar-refractivity contribution in [3.05, 3.63) is 28.8 Å². The summed E-state index contributed by atoms with van der Waals surface area (Å²) >= 11 is 0. The maximum atomic E-state index is 13.2. The Labute approximate surface area is 154 Å². The smallest absolute Gasteiger partial charge is 0.243 e. The first-order valence-corrected chi connectivity index (χ1v) is 11.1. The highest BCUT2D eigenvalue weighted by Gasteiger charge is 2.32. The van der Waals surface area contributed by atoms with E-state index in [4.69, 9.17) is 0 Å². The molecule has 0 N–H and O–H groups in total. The number of piperidine rings is 1. The van der Waals surface area contributed by atoms with Gasteiger partial charge in [0.05, 0.1) is 4.90 Å². The number of unbranched alkanes of at least 4 members (excludes halogenated alkanes) is 1. The summed E-state index contributed by atoms with van der Waals surface area (Å²) in [4.78, 5) is 3.03.